The van der Waals surface area contributed by atoms with Crippen molar-refractivity contribution < 1.29 is 4.79 Å². The topological polar surface area (TPSA) is 87.2 Å². The quantitative estimate of drug-likeness (QED) is 0.560. The first-order chi connectivity index (χ1) is 12.7. The lowest BCUT2D eigenvalue weighted by molar-refractivity contribution is -0.120. The second kappa shape index (κ2) is 6.92. The summed E-state index contributed by atoms with van der Waals surface area (Å²) < 4.78 is 0. The lowest BCUT2D eigenvalue weighted by Gasteiger charge is -2.02. The molecule has 1 aromatic heterocycles. The van der Waals surface area contributed by atoms with Crippen molar-refractivity contribution in [3.8, 4) is 0 Å². The van der Waals surface area contributed by atoms with E-state index < -0.39 is 0 Å². The molecule has 6 nitrogen and oxygen atoms in total. The molecule has 6 heteroatoms. The maximum atomic E-state index is 12.1. The first kappa shape index (κ1) is 16.2. The SMILES string of the molecule is O=C(Cc1nc2ccccc2[nH]c1=O)N/N=C/c1ccc2c(c1)CCC2. The number of benzene rings is 2. The highest BCUT2D eigenvalue weighted by atomic mass is 16.2. The van der Waals surface area contributed by atoms with Crippen molar-refractivity contribution in [1.82, 2.24) is 15.4 Å². The third kappa shape index (κ3) is 3.39. The molecular weight excluding hydrogens is 328 g/mol. The number of nitrogens with zero attached hydrogens (tertiary/aromatic N) is 2. The molecule has 0 saturated carbocycles. The number of hydrazone groups is 1. The number of fused-ring (bicyclic) bond motifs is 2. The van der Waals surface area contributed by atoms with E-state index in [1.807, 2.05) is 18.2 Å². The molecule has 0 spiro atoms. The number of rotatable bonds is 4. The number of aromatic nitrogens is 2. The molecular formula is C20H18N4O2. The number of para-hydroxylation sites is 2. The summed E-state index contributed by atoms with van der Waals surface area (Å²) in [4.78, 5) is 31.1. The van der Waals surface area contributed by atoms with Crippen LogP contribution in [0.25, 0.3) is 11.0 Å². The van der Waals surface area contributed by atoms with Crippen LogP contribution in [0.3, 0.4) is 0 Å². The molecule has 0 bridgehead atoms. The second-order valence-electron chi connectivity index (χ2n) is 6.38. The Kier molecular flexibility index (Phi) is 4.31. The van der Waals surface area contributed by atoms with Gasteiger partial charge in [0.15, 0.2) is 0 Å². The second-order valence-corrected chi connectivity index (χ2v) is 6.38. The summed E-state index contributed by atoms with van der Waals surface area (Å²) in [6, 6.07) is 13.4. The van der Waals surface area contributed by atoms with Gasteiger partial charge in [0, 0.05) is 0 Å². The molecule has 0 fully saturated rings. The van der Waals surface area contributed by atoms with Crippen molar-refractivity contribution in [3.05, 3.63) is 75.2 Å². The predicted molar refractivity (Wildman–Crippen MR) is 100 cm³/mol. The van der Waals surface area contributed by atoms with Gasteiger partial charge in [-0.2, -0.15) is 5.10 Å². The molecule has 130 valence electrons. The minimum absolute atomic E-state index is 0.123. The molecule has 2 N–H and O–H groups in total. The van der Waals surface area contributed by atoms with Crippen LogP contribution < -0.4 is 11.0 Å². The number of carbonyl (C=O) groups excluding carboxylic acids is 1. The standard InChI is InChI=1S/C20H18N4O2/c25-19(11-18-20(26)23-17-7-2-1-6-16(17)22-18)24-21-12-13-8-9-14-4-3-5-15(14)10-13/h1-2,6-10,12H,3-5,11H2,(H,23,26)(H,24,25)/b21-12+. The van der Waals surface area contributed by atoms with Crippen LogP contribution in [0, 0.1) is 0 Å². The summed E-state index contributed by atoms with van der Waals surface area (Å²) in [5.41, 5.74) is 7.28. The van der Waals surface area contributed by atoms with Crippen molar-refractivity contribution >= 4 is 23.2 Å². The molecule has 1 amide bonds. The van der Waals surface area contributed by atoms with Crippen LogP contribution in [0.5, 0.6) is 0 Å². The van der Waals surface area contributed by atoms with E-state index >= 15 is 0 Å². The maximum Gasteiger partial charge on any atom is 0.270 e. The molecule has 1 aliphatic rings. The lowest BCUT2D eigenvalue weighted by atomic mass is 10.1. The van der Waals surface area contributed by atoms with Crippen molar-refractivity contribution in [2.24, 2.45) is 5.10 Å². The van der Waals surface area contributed by atoms with Gasteiger partial charge in [-0.3, -0.25) is 9.59 Å². The van der Waals surface area contributed by atoms with Crippen molar-refractivity contribution in [1.29, 1.82) is 0 Å². The number of hydrogen-bond acceptors (Lipinski definition) is 4. The molecule has 0 aliphatic heterocycles. The van der Waals surface area contributed by atoms with E-state index in [9.17, 15) is 9.59 Å². The number of amides is 1. The molecule has 2 aromatic carbocycles. The van der Waals surface area contributed by atoms with Crippen LogP contribution in [0.1, 0.15) is 28.8 Å². The Hall–Kier alpha value is -3.28. The van der Waals surface area contributed by atoms with E-state index in [1.54, 1.807) is 18.3 Å². The molecule has 0 atom stereocenters. The Morgan fingerprint density at radius 3 is 2.96 bits per heavy atom. The number of carbonyl (C=O) groups is 1. The van der Waals surface area contributed by atoms with Gasteiger partial charge in [-0.25, -0.2) is 10.4 Å². The smallest absolute Gasteiger partial charge is 0.270 e. The fourth-order valence-corrected chi connectivity index (χ4v) is 3.23. The molecule has 3 aromatic rings. The van der Waals surface area contributed by atoms with Gasteiger partial charge in [-0.15, -0.1) is 0 Å². The Balaban J connectivity index is 1.42. The average molecular weight is 346 g/mol. The monoisotopic (exact) mass is 346 g/mol. The fourth-order valence-electron chi connectivity index (χ4n) is 3.23. The van der Waals surface area contributed by atoms with Gasteiger partial charge >= 0.3 is 0 Å². The number of aromatic amines is 1. The van der Waals surface area contributed by atoms with Gasteiger partial charge in [0.2, 0.25) is 5.91 Å². The van der Waals surface area contributed by atoms with E-state index in [4.69, 9.17) is 0 Å². The van der Waals surface area contributed by atoms with E-state index in [0.29, 0.717) is 11.0 Å². The van der Waals surface area contributed by atoms with Gasteiger partial charge in [0.25, 0.3) is 5.56 Å². The highest BCUT2D eigenvalue weighted by molar-refractivity contribution is 5.83. The lowest BCUT2D eigenvalue weighted by Crippen LogP contribution is -2.25. The summed E-state index contributed by atoms with van der Waals surface area (Å²) in [6.07, 6.45) is 4.92. The third-order valence-corrected chi connectivity index (χ3v) is 4.52. The minimum atomic E-state index is -0.379. The molecule has 0 unspecified atom stereocenters. The Morgan fingerprint density at radius 2 is 2.04 bits per heavy atom. The summed E-state index contributed by atoms with van der Waals surface area (Å²) in [5.74, 6) is -0.379. The average Bonchev–Trinajstić information content (AvgIpc) is 3.10. The minimum Gasteiger partial charge on any atom is -0.319 e. The van der Waals surface area contributed by atoms with Gasteiger partial charge in [-0.05, 0) is 54.2 Å². The van der Waals surface area contributed by atoms with E-state index in [2.05, 4.69) is 32.6 Å². The normalized spacial score (nSPS) is 13.2. The third-order valence-electron chi connectivity index (χ3n) is 4.52. The van der Waals surface area contributed by atoms with E-state index in [0.717, 1.165) is 18.4 Å². The first-order valence-corrected chi connectivity index (χ1v) is 8.61. The van der Waals surface area contributed by atoms with Gasteiger partial charge in [0.1, 0.15) is 5.69 Å². The summed E-state index contributed by atoms with van der Waals surface area (Å²) in [5, 5.41) is 3.99. The zero-order valence-corrected chi connectivity index (χ0v) is 14.2. The molecule has 1 heterocycles. The molecule has 0 saturated heterocycles. The van der Waals surface area contributed by atoms with Gasteiger partial charge in [-0.1, -0.05) is 24.3 Å². The van der Waals surface area contributed by atoms with Crippen LogP contribution in [-0.4, -0.2) is 22.1 Å². The number of aryl methyl sites for hydroxylation is 2. The zero-order chi connectivity index (χ0) is 17.9. The fraction of sp³-hybridized carbons (Fsp3) is 0.200. The largest absolute Gasteiger partial charge is 0.319 e. The Bertz CT molecular complexity index is 1070. The van der Waals surface area contributed by atoms with Crippen molar-refractivity contribution in [3.63, 3.8) is 0 Å². The van der Waals surface area contributed by atoms with Crippen LogP contribution in [0.4, 0.5) is 0 Å². The van der Waals surface area contributed by atoms with Crippen LogP contribution >= 0.6 is 0 Å². The molecule has 1 aliphatic carbocycles. The summed E-state index contributed by atoms with van der Waals surface area (Å²) in [7, 11) is 0. The first-order valence-electron chi connectivity index (χ1n) is 8.61. The number of H-pyrrole nitrogens is 1. The summed E-state index contributed by atoms with van der Waals surface area (Å²) in [6.45, 7) is 0. The Morgan fingerprint density at radius 1 is 1.19 bits per heavy atom. The van der Waals surface area contributed by atoms with Crippen LogP contribution in [-0.2, 0) is 24.1 Å². The van der Waals surface area contributed by atoms with Crippen LogP contribution in [0.15, 0.2) is 52.4 Å². The van der Waals surface area contributed by atoms with Crippen LogP contribution in [0.2, 0.25) is 0 Å². The van der Waals surface area contributed by atoms with Crippen molar-refractivity contribution in [2.45, 2.75) is 25.7 Å². The highest BCUT2D eigenvalue weighted by Gasteiger charge is 2.11. The predicted octanol–water partition coefficient (Wildman–Crippen LogP) is 2.10. The maximum absolute atomic E-state index is 12.1. The Labute approximate surface area is 150 Å². The van der Waals surface area contributed by atoms with E-state index in [-0.39, 0.29) is 23.6 Å². The molecule has 26 heavy (non-hydrogen) atoms. The summed E-state index contributed by atoms with van der Waals surface area (Å²) >= 11 is 0. The molecule has 4 rings (SSSR count). The molecule has 0 radical (unpaired) electrons. The number of hydrogen-bond donors (Lipinski definition) is 2. The van der Waals surface area contributed by atoms with Crippen molar-refractivity contribution in [2.75, 3.05) is 0 Å². The zero-order valence-electron chi connectivity index (χ0n) is 14.2. The van der Waals surface area contributed by atoms with Gasteiger partial charge < -0.3 is 4.98 Å². The highest BCUT2D eigenvalue weighted by Crippen LogP contribution is 2.22. The van der Waals surface area contributed by atoms with Gasteiger partial charge in [0.05, 0.1) is 23.7 Å². The van der Waals surface area contributed by atoms with E-state index in [1.165, 1.54) is 17.5 Å². The number of nitrogens with one attached hydrogen (secondary N) is 2.